The molecule has 220 valence electrons. The summed E-state index contributed by atoms with van der Waals surface area (Å²) in [6.45, 7) is 0. The quantitative estimate of drug-likeness (QED) is 0.175. The highest BCUT2D eigenvalue weighted by Crippen LogP contribution is 2.50. The van der Waals surface area contributed by atoms with E-state index in [1.165, 1.54) is 12.1 Å². The van der Waals surface area contributed by atoms with E-state index in [1.807, 2.05) is 30.3 Å². The van der Waals surface area contributed by atoms with Gasteiger partial charge in [0.2, 0.25) is 0 Å². The van der Waals surface area contributed by atoms with Gasteiger partial charge in [0.25, 0.3) is 0 Å². The maximum absolute atomic E-state index is 9.50. The van der Waals surface area contributed by atoms with E-state index in [1.54, 1.807) is 30.3 Å². The first-order valence-corrected chi connectivity index (χ1v) is 14.6. The van der Waals surface area contributed by atoms with Gasteiger partial charge in [0, 0.05) is 22.1 Å². The maximum atomic E-state index is 9.50. The molecule has 0 saturated heterocycles. The van der Waals surface area contributed by atoms with Gasteiger partial charge in [-0.2, -0.15) is 0 Å². The zero-order valence-corrected chi connectivity index (χ0v) is 24.3. The predicted molar refractivity (Wildman–Crippen MR) is 198 cm³/mol. The van der Waals surface area contributed by atoms with Gasteiger partial charge in [-0.3, -0.25) is 0 Å². The molecule has 47 heavy (non-hydrogen) atoms. The minimum absolute atomic E-state index is 0.0517. The lowest BCUT2D eigenvalue weighted by molar-refractivity contribution is 0.632. The van der Waals surface area contributed by atoms with Crippen LogP contribution >= 0.6 is 0 Å². The molecule has 9 aromatic rings. The van der Waals surface area contributed by atoms with Crippen molar-refractivity contribution in [2.45, 2.75) is 0 Å². The number of fused-ring (bicyclic) bond motifs is 3. The first kappa shape index (κ1) is 14.5. The van der Waals surface area contributed by atoms with Crippen LogP contribution in [-0.4, -0.2) is 0 Å². The minimum atomic E-state index is -0.780. The lowest BCUT2D eigenvalue weighted by atomic mass is 9.84. The molecule has 8 aromatic carbocycles. The Balaban J connectivity index is 1.51. The molecule has 9 rings (SSSR count). The van der Waals surface area contributed by atoms with Crippen LogP contribution in [0.25, 0.3) is 88.3 Å². The zero-order valence-electron chi connectivity index (χ0n) is 42.3. The fourth-order valence-corrected chi connectivity index (χ4v) is 6.04. The molecule has 0 N–H and O–H groups in total. The molecule has 0 fully saturated rings. The van der Waals surface area contributed by atoms with E-state index < -0.39 is 120 Å². The van der Waals surface area contributed by atoms with Gasteiger partial charge >= 0.3 is 0 Å². The van der Waals surface area contributed by atoms with E-state index in [9.17, 15) is 5.48 Å². The van der Waals surface area contributed by atoms with Gasteiger partial charge in [-0.25, -0.2) is 0 Å². The molecule has 0 spiro atoms. The second-order valence-electron chi connectivity index (χ2n) is 10.7. The Morgan fingerprint density at radius 2 is 0.830 bits per heavy atom. The molecule has 1 nitrogen and oxygen atoms in total. The number of benzene rings is 8. The van der Waals surface area contributed by atoms with Gasteiger partial charge in [-0.05, 0) is 67.1 Å². The van der Waals surface area contributed by atoms with E-state index >= 15 is 0 Å². The van der Waals surface area contributed by atoms with Crippen LogP contribution < -0.4 is 0 Å². The molecule has 0 bridgehead atoms. The Labute approximate surface area is 299 Å². The van der Waals surface area contributed by atoms with Crippen LogP contribution in [0.4, 0.5) is 0 Å². The van der Waals surface area contributed by atoms with Crippen molar-refractivity contribution in [2.75, 3.05) is 0 Å². The van der Waals surface area contributed by atoms with Crippen LogP contribution in [0.2, 0.25) is 0 Å². The first-order valence-electron chi connectivity index (χ1n) is 23.6. The Bertz CT molecular complexity index is 3420. The van der Waals surface area contributed by atoms with Crippen molar-refractivity contribution >= 4 is 32.5 Å². The average Bonchev–Trinajstić information content (AvgIpc) is 3.69. The number of hydrogen-bond acceptors (Lipinski definition) is 1. The van der Waals surface area contributed by atoms with Crippen LogP contribution in [-0.2, 0) is 0 Å². The van der Waals surface area contributed by atoms with Crippen LogP contribution in [0, 0.1) is 0 Å². The standard InChI is InChI=1S/C46H30O/c1-4-14-31(15-5-1)33-24-26-35(27-25-33)46-45(41-29-28-36(30-42(41)47-46)32-16-6-2-7-17-32)44-39-22-12-10-20-37(39)43(34-18-8-3-9-19-34)38-21-11-13-23-40(38)44/h1-30H/i1D,3D,4D,5D,8D,9D,10D,11D,12D,13D,14D,15D,18D,19D,20D,21D,22D,23D. The molecule has 0 aliphatic heterocycles. The van der Waals surface area contributed by atoms with E-state index in [0.717, 1.165) is 11.1 Å². The fraction of sp³-hybridized carbons (Fsp3) is 0. The highest BCUT2D eigenvalue weighted by molar-refractivity contribution is 6.25. The van der Waals surface area contributed by atoms with Crippen LogP contribution in [0.5, 0.6) is 0 Å². The second kappa shape index (κ2) is 11.3. The summed E-state index contributed by atoms with van der Waals surface area (Å²) in [5.74, 6) is 0.0517. The summed E-state index contributed by atoms with van der Waals surface area (Å²) in [7, 11) is 0. The summed E-state index contributed by atoms with van der Waals surface area (Å²) in [4.78, 5) is 0. The molecule has 1 aromatic heterocycles. The van der Waals surface area contributed by atoms with E-state index in [4.69, 9.17) is 23.6 Å². The van der Waals surface area contributed by atoms with Crippen LogP contribution in [0.3, 0.4) is 0 Å². The van der Waals surface area contributed by atoms with Crippen molar-refractivity contribution in [2.24, 2.45) is 0 Å². The fourth-order valence-electron chi connectivity index (χ4n) is 6.04. The average molecular weight is 617 g/mol. The third-order valence-corrected chi connectivity index (χ3v) is 8.11. The molecule has 0 unspecified atom stereocenters. The lowest BCUT2D eigenvalue weighted by Gasteiger charge is -2.18. The van der Waals surface area contributed by atoms with Gasteiger partial charge in [-0.15, -0.1) is 0 Å². The van der Waals surface area contributed by atoms with Crippen molar-refractivity contribution in [3.8, 4) is 55.8 Å². The van der Waals surface area contributed by atoms with Crippen LogP contribution in [0.15, 0.2) is 186 Å². The van der Waals surface area contributed by atoms with Gasteiger partial charge in [0.1, 0.15) is 11.3 Å². The monoisotopic (exact) mass is 616 g/mol. The predicted octanol–water partition coefficient (Wildman–Crippen LogP) is 13.1. The van der Waals surface area contributed by atoms with E-state index in [2.05, 4.69) is 0 Å². The SMILES string of the molecule is [2H]c1c([2H])c([2H])c(-c2ccc(-c3oc4cc(-c5ccccc5)ccc4c3-c3c4c([2H])c([2H])c([2H])c([2H])c4c(-c4c([2H])c([2H])c([2H])c([2H])c4[2H])c4c([2H])c([2H])c([2H])c([2H])c34)cc2)c([2H])c1[2H]. The normalized spacial score (nSPS) is 16.8. The third kappa shape index (κ3) is 4.64. The molecule has 1 heterocycles. The second-order valence-corrected chi connectivity index (χ2v) is 10.7. The molecule has 0 amide bonds. The Morgan fingerprint density at radius 1 is 0.340 bits per heavy atom. The molecule has 0 radical (unpaired) electrons. The summed E-state index contributed by atoms with van der Waals surface area (Å²) in [6.07, 6.45) is 0. The van der Waals surface area contributed by atoms with Gasteiger partial charge in [0.05, 0.1) is 24.7 Å². The highest BCUT2D eigenvalue weighted by atomic mass is 16.3. The summed E-state index contributed by atoms with van der Waals surface area (Å²) >= 11 is 0. The first-order chi connectivity index (χ1) is 30.8. The summed E-state index contributed by atoms with van der Waals surface area (Å²) < 4.78 is 165. The minimum Gasteiger partial charge on any atom is -0.455 e. The van der Waals surface area contributed by atoms with Crippen molar-refractivity contribution in [3.63, 3.8) is 0 Å². The van der Waals surface area contributed by atoms with Gasteiger partial charge in [0.15, 0.2) is 0 Å². The van der Waals surface area contributed by atoms with Crippen LogP contribution in [0.1, 0.15) is 24.7 Å². The Hall–Kier alpha value is -6.18. The van der Waals surface area contributed by atoms with E-state index in [-0.39, 0.29) is 55.1 Å². The Morgan fingerprint density at radius 3 is 1.45 bits per heavy atom. The van der Waals surface area contributed by atoms with Crippen molar-refractivity contribution in [1.29, 1.82) is 0 Å². The molecular weight excluding hydrogens is 569 g/mol. The molecule has 0 aliphatic rings. The third-order valence-electron chi connectivity index (χ3n) is 8.11. The topological polar surface area (TPSA) is 13.1 Å². The van der Waals surface area contributed by atoms with Crippen molar-refractivity contribution in [3.05, 3.63) is 182 Å². The largest absolute Gasteiger partial charge is 0.455 e. The Kier molecular flexibility index (Phi) is 3.49. The summed E-state index contributed by atoms with van der Waals surface area (Å²) in [5.41, 5.74) is 1.34. The zero-order chi connectivity index (χ0) is 46.8. The van der Waals surface area contributed by atoms with E-state index in [0.29, 0.717) is 10.9 Å². The molecule has 0 saturated carbocycles. The summed E-state index contributed by atoms with van der Waals surface area (Å²) in [5, 5.41) is -0.990. The maximum Gasteiger partial charge on any atom is 0.143 e. The molecule has 0 aliphatic carbocycles. The lowest BCUT2D eigenvalue weighted by Crippen LogP contribution is -1.91. The van der Waals surface area contributed by atoms with Crippen molar-refractivity contribution < 1.29 is 29.1 Å². The molecular formula is C46H30O. The number of furan rings is 1. The smallest absolute Gasteiger partial charge is 0.143 e. The van der Waals surface area contributed by atoms with Crippen molar-refractivity contribution in [1.82, 2.24) is 0 Å². The molecule has 0 atom stereocenters. The number of rotatable bonds is 5. The van der Waals surface area contributed by atoms with Gasteiger partial charge in [-0.1, -0.05) is 169 Å². The van der Waals surface area contributed by atoms with Gasteiger partial charge < -0.3 is 4.42 Å². The molecule has 1 heteroatoms. The summed E-state index contributed by atoms with van der Waals surface area (Å²) in [6, 6.07) is 8.73. The highest BCUT2D eigenvalue weighted by Gasteiger charge is 2.24. The number of hydrogen-bond donors (Lipinski definition) is 0.